The number of hydrogen-bond donors (Lipinski definition) is 0. The van der Waals surface area contributed by atoms with Crippen LogP contribution in [0.2, 0.25) is 0 Å². The maximum absolute atomic E-state index is 10.9. The van der Waals surface area contributed by atoms with Gasteiger partial charge in [0.15, 0.2) is 6.19 Å². The van der Waals surface area contributed by atoms with Gasteiger partial charge in [-0.1, -0.05) is 0 Å². The Morgan fingerprint density at radius 3 is 2.80 bits per heavy atom. The summed E-state index contributed by atoms with van der Waals surface area (Å²) < 4.78 is 0. The molecule has 1 amide bonds. The second kappa shape index (κ2) is 2.67. The monoisotopic (exact) mass is 139 g/mol. The van der Waals surface area contributed by atoms with Crippen LogP contribution in [-0.2, 0) is 4.79 Å². The normalized spacial score (nSPS) is 20.8. The Balaban J connectivity index is 2.54. The Morgan fingerprint density at radius 1 is 1.60 bits per heavy atom. The molecule has 0 unspecified atom stereocenters. The van der Waals surface area contributed by atoms with E-state index in [9.17, 15) is 4.79 Å². The van der Waals surface area contributed by atoms with Crippen molar-refractivity contribution in [3.63, 3.8) is 0 Å². The van der Waals surface area contributed by atoms with Gasteiger partial charge in [0.2, 0.25) is 5.91 Å². The third-order valence-corrected chi connectivity index (χ3v) is 1.53. The van der Waals surface area contributed by atoms with Crippen LogP contribution in [0.5, 0.6) is 0 Å². The van der Waals surface area contributed by atoms with E-state index in [1.54, 1.807) is 0 Å². The van der Waals surface area contributed by atoms with Gasteiger partial charge in [-0.15, -0.1) is 0 Å². The van der Waals surface area contributed by atoms with Crippen molar-refractivity contribution in [1.82, 2.24) is 9.80 Å². The highest BCUT2D eigenvalue weighted by Gasteiger charge is 2.20. The van der Waals surface area contributed by atoms with Crippen LogP contribution in [0.4, 0.5) is 0 Å². The van der Waals surface area contributed by atoms with Gasteiger partial charge >= 0.3 is 0 Å². The summed E-state index contributed by atoms with van der Waals surface area (Å²) in [5, 5.41) is 8.38. The first-order valence-electron chi connectivity index (χ1n) is 3.12. The van der Waals surface area contributed by atoms with Gasteiger partial charge in [0.1, 0.15) is 0 Å². The molecule has 1 heterocycles. The van der Waals surface area contributed by atoms with Gasteiger partial charge in [-0.05, 0) is 7.05 Å². The number of nitrogens with zero attached hydrogens (tertiary/aromatic N) is 3. The van der Waals surface area contributed by atoms with Gasteiger partial charge in [-0.2, -0.15) is 5.26 Å². The van der Waals surface area contributed by atoms with Gasteiger partial charge in [0, 0.05) is 13.1 Å². The summed E-state index contributed by atoms with van der Waals surface area (Å²) in [5.41, 5.74) is 0. The molecule has 1 fully saturated rings. The highest BCUT2D eigenvalue weighted by atomic mass is 16.2. The lowest BCUT2D eigenvalue weighted by Crippen LogP contribution is -2.46. The quantitative estimate of drug-likeness (QED) is 0.414. The minimum Gasteiger partial charge on any atom is -0.296 e. The van der Waals surface area contributed by atoms with Crippen molar-refractivity contribution in [1.29, 1.82) is 5.26 Å². The number of amides is 1. The molecule has 54 valence electrons. The fourth-order valence-electron chi connectivity index (χ4n) is 0.896. The second-order valence-corrected chi connectivity index (χ2v) is 2.38. The van der Waals surface area contributed by atoms with Gasteiger partial charge in [-0.3, -0.25) is 9.69 Å². The first-order chi connectivity index (χ1) is 4.74. The maximum atomic E-state index is 10.9. The van der Waals surface area contributed by atoms with Crippen molar-refractivity contribution in [3.05, 3.63) is 0 Å². The fraction of sp³-hybridized carbons (Fsp3) is 0.667. The van der Waals surface area contributed by atoms with E-state index < -0.39 is 0 Å². The summed E-state index contributed by atoms with van der Waals surface area (Å²) in [7, 11) is 1.87. The molecule has 0 aromatic carbocycles. The van der Waals surface area contributed by atoms with Crippen molar-refractivity contribution < 1.29 is 4.79 Å². The van der Waals surface area contributed by atoms with Crippen molar-refractivity contribution >= 4 is 5.91 Å². The number of carbonyl (C=O) groups is 1. The van der Waals surface area contributed by atoms with Gasteiger partial charge < -0.3 is 0 Å². The molecule has 0 aliphatic carbocycles. The molecule has 1 aliphatic heterocycles. The smallest absolute Gasteiger partial charge is 0.249 e. The molecular weight excluding hydrogens is 130 g/mol. The van der Waals surface area contributed by atoms with E-state index in [4.69, 9.17) is 5.26 Å². The summed E-state index contributed by atoms with van der Waals surface area (Å²) in [6.45, 7) is 1.69. The molecule has 0 atom stereocenters. The fourth-order valence-corrected chi connectivity index (χ4v) is 0.896. The topological polar surface area (TPSA) is 47.3 Å². The molecule has 4 heteroatoms. The van der Waals surface area contributed by atoms with Crippen LogP contribution in [0.15, 0.2) is 0 Å². The lowest BCUT2D eigenvalue weighted by Gasteiger charge is -2.26. The Hall–Kier alpha value is -1.08. The summed E-state index contributed by atoms with van der Waals surface area (Å²) >= 11 is 0. The van der Waals surface area contributed by atoms with Crippen LogP contribution in [-0.4, -0.2) is 42.4 Å². The predicted octanol–water partition coefficient (Wildman–Crippen LogP) is -0.759. The van der Waals surface area contributed by atoms with E-state index in [0.29, 0.717) is 13.1 Å². The van der Waals surface area contributed by atoms with Crippen molar-refractivity contribution in [2.24, 2.45) is 0 Å². The molecule has 1 aliphatic rings. The van der Waals surface area contributed by atoms with Crippen LogP contribution < -0.4 is 0 Å². The SMILES string of the molecule is CN1CCN(C#N)C(=O)C1. The molecule has 0 radical (unpaired) electrons. The number of nitriles is 1. The highest BCUT2D eigenvalue weighted by molar-refractivity contribution is 5.80. The van der Waals surface area contributed by atoms with Crippen molar-refractivity contribution in [3.8, 4) is 6.19 Å². The van der Waals surface area contributed by atoms with Gasteiger partial charge in [-0.25, -0.2) is 4.90 Å². The Labute approximate surface area is 59.6 Å². The van der Waals surface area contributed by atoms with Crippen LogP contribution in [0.25, 0.3) is 0 Å². The number of hydrogen-bond acceptors (Lipinski definition) is 3. The average Bonchev–Trinajstić information content (AvgIpc) is 1.88. The van der Waals surface area contributed by atoms with E-state index in [1.165, 1.54) is 4.90 Å². The Bertz CT molecular complexity index is 184. The maximum Gasteiger partial charge on any atom is 0.249 e. The molecule has 0 N–H and O–H groups in total. The zero-order valence-corrected chi connectivity index (χ0v) is 5.87. The summed E-state index contributed by atoms with van der Waals surface area (Å²) in [4.78, 5) is 14.0. The molecule has 10 heavy (non-hydrogen) atoms. The van der Waals surface area contributed by atoms with Crippen molar-refractivity contribution in [2.45, 2.75) is 0 Å². The minimum atomic E-state index is -0.101. The summed E-state index contributed by atoms with van der Waals surface area (Å²) in [6.07, 6.45) is 1.83. The van der Waals surface area contributed by atoms with Crippen LogP contribution in [0.3, 0.4) is 0 Å². The van der Waals surface area contributed by atoms with Crippen LogP contribution in [0, 0.1) is 11.5 Å². The van der Waals surface area contributed by atoms with E-state index in [1.807, 2.05) is 18.1 Å². The predicted molar refractivity (Wildman–Crippen MR) is 34.8 cm³/mol. The molecule has 0 aromatic heterocycles. The van der Waals surface area contributed by atoms with Gasteiger partial charge in [0.05, 0.1) is 6.54 Å². The third-order valence-electron chi connectivity index (χ3n) is 1.53. The second-order valence-electron chi connectivity index (χ2n) is 2.38. The third kappa shape index (κ3) is 1.25. The Kier molecular flexibility index (Phi) is 1.88. The zero-order chi connectivity index (χ0) is 7.56. The van der Waals surface area contributed by atoms with E-state index in [0.717, 1.165) is 6.54 Å². The van der Waals surface area contributed by atoms with E-state index in [-0.39, 0.29) is 5.91 Å². The molecule has 1 saturated heterocycles. The first-order valence-corrected chi connectivity index (χ1v) is 3.12. The lowest BCUT2D eigenvalue weighted by molar-refractivity contribution is -0.131. The standard InChI is InChI=1S/C6H9N3O/c1-8-2-3-9(5-7)6(10)4-8/h2-4H2,1H3. The number of carbonyl (C=O) groups excluding carboxylic acids is 1. The lowest BCUT2D eigenvalue weighted by atomic mass is 10.3. The average molecular weight is 139 g/mol. The summed E-state index contributed by atoms with van der Waals surface area (Å²) in [5.74, 6) is -0.101. The molecule has 0 spiro atoms. The van der Waals surface area contributed by atoms with Crippen LogP contribution >= 0.6 is 0 Å². The molecule has 4 nitrogen and oxygen atoms in total. The van der Waals surface area contributed by atoms with E-state index in [2.05, 4.69) is 0 Å². The molecule has 0 aromatic rings. The van der Waals surface area contributed by atoms with E-state index >= 15 is 0 Å². The number of likely N-dealkylation sites (N-methyl/N-ethyl adjacent to an activating group) is 1. The first kappa shape index (κ1) is 7.03. The minimum absolute atomic E-state index is 0.101. The Morgan fingerprint density at radius 2 is 2.30 bits per heavy atom. The van der Waals surface area contributed by atoms with Gasteiger partial charge in [0.25, 0.3) is 0 Å². The largest absolute Gasteiger partial charge is 0.296 e. The highest BCUT2D eigenvalue weighted by Crippen LogP contribution is 1.97. The van der Waals surface area contributed by atoms with Crippen LogP contribution in [0.1, 0.15) is 0 Å². The zero-order valence-electron chi connectivity index (χ0n) is 5.87. The molecule has 0 bridgehead atoms. The van der Waals surface area contributed by atoms with Crippen molar-refractivity contribution in [2.75, 3.05) is 26.7 Å². The summed E-state index contributed by atoms with van der Waals surface area (Å²) in [6, 6.07) is 0. The number of rotatable bonds is 0. The molecule has 0 saturated carbocycles. The number of piperazine rings is 1. The molecular formula is C6H9N3O. The molecule has 1 rings (SSSR count).